The molecule has 1 saturated carbocycles. The molecule has 102 valence electrons. The maximum atomic E-state index is 12.1. The van der Waals surface area contributed by atoms with E-state index in [0.717, 1.165) is 25.7 Å². The van der Waals surface area contributed by atoms with Gasteiger partial charge in [0, 0.05) is 12.0 Å². The molecule has 0 spiro atoms. The van der Waals surface area contributed by atoms with Gasteiger partial charge in [0.1, 0.15) is 10.7 Å². The normalized spacial score (nSPS) is 17.3. The first kappa shape index (κ1) is 13.9. The Kier molecular flexibility index (Phi) is 4.42. The van der Waals surface area contributed by atoms with Crippen molar-refractivity contribution < 1.29 is 13.9 Å². The molecule has 0 heterocycles. The second-order valence-electron chi connectivity index (χ2n) is 4.66. The Morgan fingerprint density at radius 3 is 2.58 bits per heavy atom. The van der Waals surface area contributed by atoms with Gasteiger partial charge in [-0.05, 0) is 18.9 Å². The summed E-state index contributed by atoms with van der Waals surface area (Å²) < 4.78 is 12.1. The van der Waals surface area contributed by atoms with Crippen LogP contribution in [-0.2, 0) is 15.6 Å². The van der Waals surface area contributed by atoms with Crippen LogP contribution < -0.4 is 0 Å². The standard InChI is InChI=1S/C13H15NO4S/c15-12(10-5-1-2-6-10)9-19(18)13-8-4-3-7-11(13)14(16)17/h3-4,7-8,10H,1-2,5-6,9H2. The fourth-order valence-corrected chi connectivity index (χ4v) is 3.63. The summed E-state index contributed by atoms with van der Waals surface area (Å²) >= 11 is 0. The molecule has 5 nitrogen and oxygen atoms in total. The molecule has 0 amide bonds. The van der Waals surface area contributed by atoms with Crippen LogP contribution in [0, 0.1) is 16.0 Å². The molecular formula is C13H15NO4S. The Bertz CT molecular complexity index is 523. The Morgan fingerprint density at radius 1 is 1.32 bits per heavy atom. The Hall–Kier alpha value is -1.56. The number of Topliss-reactive ketones (excluding diaryl/α,β-unsaturated/α-hetero) is 1. The molecule has 1 aliphatic carbocycles. The molecule has 1 fully saturated rings. The topological polar surface area (TPSA) is 77.3 Å². The average Bonchev–Trinajstić information content (AvgIpc) is 2.92. The van der Waals surface area contributed by atoms with E-state index in [0.29, 0.717) is 0 Å². The molecule has 1 aromatic rings. The highest BCUT2D eigenvalue weighted by atomic mass is 32.2. The fourth-order valence-electron chi connectivity index (χ4n) is 2.37. The Labute approximate surface area is 113 Å². The van der Waals surface area contributed by atoms with Crippen molar-refractivity contribution in [1.29, 1.82) is 0 Å². The van der Waals surface area contributed by atoms with E-state index in [2.05, 4.69) is 0 Å². The van der Waals surface area contributed by atoms with Crippen molar-refractivity contribution in [3.63, 3.8) is 0 Å². The van der Waals surface area contributed by atoms with Gasteiger partial charge in [-0.1, -0.05) is 25.0 Å². The van der Waals surface area contributed by atoms with Crippen LogP contribution in [0.1, 0.15) is 25.7 Å². The summed E-state index contributed by atoms with van der Waals surface area (Å²) in [7, 11) is -1.63. The van der Waals surface area contributed by atoms with Gasteiger partial charge in [0.2, 0.25) is 0 Å². The summed E-state index contributed by atoms with van der Waals surface area (Å²) in [5.41, 5.74) is -0.181. The number of nitro groups is 1. The predicted molar refractivity (Wildman–Crippen MR) is 71.3 cm³/mol. The zero-order valence-corrected chi connectivity index (χ0v) is 11.2. The van der Waals surface area contributed by atoms with Gasteiger partial charge in [-0.2, -0.15) is 0 Å². The zero-order valence-electron chi connectivity index (χ0n) is 10.4. The predicted octanol–water partition coefficient (Wildman–Crippen LogP) is 2.46. The molecule has 1 aliphatic rings. The summed E-state index contributed by atoms with van der Waals surface area (Å²) in [5.74, 6) is -0.157. The number of hydrogen-bond acceptors (Lipinski definition) is 4. The third kappa shape index (κ3) is 3.26. The smallest absolute Gasteiger partial charge is 0.285 e. The van der Waals surface area contributed by atoms with Gasteiger partial charge in [0.25, 0.3) is 5.69 Å². The van der Waals surface area contributed by atoms with E-state index in [-0.39, 0.29) is 28.0 Å². The quantitative estimate of drug-likeness (QED) is 0.613. The molecule has 0 saturated heterocycles. The zero-order chi connectivity index (χ0) is 13.8. The number of nitrogens with zero attached hydrogens (tertiary/aromatic N) is 1. The lowest BCUT2D eigenvalue weighted by Gasteiger charge is -2.07. The average molecular weight is 281 g/mol. The summed E-state index contributed by atoms with van der Waals surface area (Å²) in [4.78, 5) is 22.4. The van der Waals surface area contributed by atoms with Gasteiger partial charge in [-0.25, -0.2) is 0 Å². The number of carbonyl (C=O) groups is 1. The minimum Gasteiger partial charge on any atom is -0.298 e. The summed E-state index contributed by atoms with van der Waals surface area (Å²) in [6.45, 7) is 0. The van der Waals surface area contributed by atoms with Crippen LogP contribution in [0.5, 0.6) is 0 Å². The van der Waals surface area contributed by atoms with E-state index >= 15 is 0 Å². The van der Waals surface area contributed by atoms with Crippen molar-refractivity contribution in [2.45, 2.75) is 30.6 Å². The van der Waals surface area contributed by atoms with Crippen molar-refractivity contribution in [2.75, 3.05) is 5.75 Å². The highest BCUT2D eigenvalue weighted by molar-refractivity contribution is 7.86. The molecule has 6 heteroatoms. The van der Waals surface area contributed by atoms with Crippen LogP contribution in [0.2, 0.25) is 0 Å². The third-order valence-corrected chi connectivity index (χ3v) is 4.77. The molecule has 0 N–H and O–H groups in total. The SMILES string of the molecule is O=C(CS(=O)c1ccccc1[N+](=O)[O-])C1CCCC1. The number of para-hydroxylation sites is 1. The van der Waals surface area contributed by atoms with Gasteiger partial charge in [0.05, 0.1) is 21.5 Å². The molecule has 1 aromatic carbocycles. The van der Waals surface area contributed by atoms with Crippen molar-refractivity contribution in [3.8, 4) is 0 Å². The fraction of sp³-hybridized carbons (Fsp3) is 0.462. The first-order chi connectivity index (χ1) is 9.09. The third-order valence-electron chi connectivity index (χ3n) is 3.39. The maximum absolute atomic E-state index is 12.1. The maximum Gasteiger partial charge on any atom is 0.285 e. The molecule has 1 atom stereocenters. The second kappa shape index (κ2) is 6.06. The lowest BCUT2D eigenvalue weighted by Crippen LogP contribution is -2.19. The minimum absolute atomic E-state index is 0.00767. The van der Waals surface area contributed by atoms with Crippen LogP contribution >= 0.6 is 0 Å². The lowest BCUT2D eigenvalue weighted by molar-refractivity contribution is -0.387. The Morgan fingerprint density at radius 2 is 1.95 bits per heavy atom. The first-order valence-corrected chi connectivity index (χ1v) is 7.56. The largest absolute Gasteiger partial charge is 0.298 e. The van der Waals surface area contributed by atoms with E-state index in [1.54, 1.807) is 6.07 Å². The molecule has 2 rings (SSSR count). The van der Waals surface area contributed by atoms with Crippen molar-refractivity contribution in [3.05, 3.63) is 34.4 Å². The van der Waals surface area contributed by atoms with Crippen LogP contribution in [-0.4, -0.2) is 20.7 Å². The van der Waals surface area contributed by atoms with Crippen LogP contribution in [0.3, 0.4) is 0 Å². The highest BCUT2D eigenvalue weighted by Crippen LogP contribution is 2.27. The van der Waals surface area contributed by atoms with Crippen LogP contribution in [0.4, 0.5) is 5.69 Å². The molecule has 1 unspecified atom stereocenters. The van der Waals surface area contributed by atoms with Crippen molar-refractivity contribution >= 4 is 22.3 Å². The van der Waals surface area contributed by atoms with Crippen molar-refractivity contribution in [2.24, 2.45) is 5.92 Å². The van der Waals surface area contributed by atoms with E-state index in [9.17, 15) is 19.1 Å². The summed E-state index contributed by atoms with van der Waals surface area (Å²) in [6, 6.07) is 5.89. The minimum atomic E-state index is -1.63. The van der Waals surface area contributed by atoms with Gasteiger partial charge in [0.15, 0.2) is 0 Å². The highest BCUT2D eigenvalue weighted by Gasteiger charge is 2.26. The van der Waals surface area contributed by atoms with Crippen molar-refractivity contribution in [1.82, 2.24) is 0 Å². The number of benzene rings is 1. The molecule has 19 heavy (non-hydrogen) atoms. The van der Waals surface area contributed by atoms with Crippen LogP contribution in [0.15, 0.2) is 29.2 Å². The van der Waals surface area contributed by atoms with E-state index in [1.807, 2.05) is 0 Å². The number of rotatable bonds is 5. The molecule has 0 aromatic heterocycles. The number of ketones is 1. The molecule has 0 aliphatic heterocycles. The molecule has 0 radical (unpaired) electrons. The van der Waals surface area contributed by atoms with Gasteiger partial charge in [-0.3, -0.25) is 19.1 Å². The summed E-state index contributed by atoms with van der Waals surface area (Å²) in [6.07, 6.45) is 3.78. The van der Waals surface area contributed by atoms with E-state index < -0.39 is 15.7 Å². The molecule has 0 bridgehead atoms. The number of carbonyl (C=O) groups excluding carboxylic acids is 1. The lowest BCUT2D eigenvalue weighted by atomic mass is 10.0. The number of hydrogen-bond donors (Lipinski definition) is 0. The van der Waals surface area contributed by atoms with Crippen LogP contribution in [0.25, 0.3) is 0 Å². The monoisotopic (exact) mass is 281 g/mol. The first-order valence-electron chi connectivity index (χ1n) is 6.24. The van der Waals surface area contributed by atoms with Gasteiger partial charge >= 0.3 is 0 Å². The van der Waals surface area contributed by atoms with E-state index in [1.165, 1.54) is 18.2 Å². The van der Waals surface area contributed by atoms with E-state index in [4.69, 9.17) is 0 Å². The number of nitro benzene ring substituents is 1. The van der Waals surface area contributed by atoms with Gasteiger partial charge in [-0.15, -0.1) is 0 Å². The summed E-state index contributed by atoms with van der Waals surface area (Å²) in [5, 5.41) is 10.9. The molecular weight excluding hydrogens is 266 g/mol. The second-order valence-corrected chi connectivity index (χ2v) is 6.08. The van der Waals surface area contributed by atoms with Gasteiger partial charge < -0.3 is 0 Å². The Balaban J connectivity index is 2.11.